The highest BCUT2D eigenvalue weighted by Gasteiger charge is 2.06. The molecule has 0 fully saturated rings. The Balaban J connectivity index is 2.10. The van der Waals surface area contributed by atoms with E-state index in [9.17, 15) is 4.79 Å². The Bertz CT molecular complexity index is 517. The van der Waals surface area contributed by atoms with Crippen molar-refractivity contribution in [3.63, 3.8) is 0 Å². The van der Waals surface area contributed by atoms with E-state index in [1.54, 1.807) is 6.92 Å². The molecule has 0 radical (unpaired) electrons. The second-order valence-electron chi connectivity index (χ2n) is 3.84. The third kappa shape index (κ3) is 2.90. The molecule has 0 amide bonds. The number of carbonyl (C=O) groups excluding carboxylic acids is 1. The van der Waals surface area contributed by atoms with Crippen molar-refractivity contribution in [3.05, 3.63) is 29.8 Å². The van der Waals surface area contributed by atoms with Gasteiger partial charge in [0, 0.05) is 12.0 Å². The Morgan fingerprint density at radius 2 is 2.00 bits per heavy atom. The number of aromatic nitrogens is 2. The minimum atomic E-state index is 0.0562. The molecule has 2 aromatic rings. The van der Waals surface area contributed by atoms with Crippen LogP contribution in [0.25, 0.3) is 11.5 Å². The molecule has 0 saturated heterocycles. The zero-order chi connectivity index (χ0) is 12.3. The molecule has 1 aromatic heterocycles. The molecule has 0 saturated carbocycles. The molecule has 2 N–H and O–H groups in total. The number of Topliss-reactive ketones (excluding diaryl/α,β-unsaturated/α-hetero) is 1. The average Bonchev–Trinajstić information content (AvgIpc) is 2.74. The molecule has 0 atom stereocenters. The number of nitrogen functional groups attached to an aromatic ring is 1. The molecular formula is C12H13N3O2. The maximum atomic E-state index is 10.9. The van der Waals surface area contributed by atoms with Crippen molar-refractivity contribution in [1.29, 1.82) is 0 Å². The maximum Gasteiger partial charge on any atom is 0.313 e. The number of nitrogens with two attached hydrogens (primary N) is 1. The Kier molecular flexibility index (Phi) is 3.18. The lowest BCUT2D eigenvalue weighted by Crippen LogP contribution is -1.93. The van der Waals surface area contributed by atoms with E-state index in [1.165, 1.54) is 0 Å². The number of anilines is 1. The van der Waals surface area contributed by atoms with Crippen LogP contribution < -0.4 is 5.73 Å². The summed E-state index contributed by atoms with van der Waals surface area (Å²) in [5.41, 5.74) is 7.28. The Morgan fingerprint density at radius 3 is 2.53 bits per heavy atom. The number of benzene rings is 1. The largest absolute Gasteiger partial charge is 0.404 e. The van der Waals surface area contributed by atoms with Crippen molar-refractivity contribution in [2.45, 2.75) is 19.8 Å². The first-order valence-corrected chi connectivity index (χ1v) is 5.33. The molecule has 1 heterocycles. The van der Waals surface area contributed by atoms with Gasteiger partial charge in [0.1, 0.15) is 5.78 Å². The van der Waals surface area contributed by atoms with Gasteiger partial charge in [-0.2, -0.15) is 0 Å². The van der Waals surface area contributed by atoms with E-state index in [0.29, 0.717) is 12.3 Å². The number of hydrogen-bond donors (Lipinski definition) is 1. The van der Waals surface area contributed by atoms with Gasteiger partial charge in [-0.3, -0.25) is 0 Å². The summed E-state index contributed by atoms with van der Waals surface area (Å²) in [5.74, 6) is 0.597. The lowest BCUT2D eigenvalue weighted by molar-refractivity contribution is -0.116. The van der Waals surface area contributed by atoms with E-state index in [1.807, 2.05) is 24.3 Å². The zero-order valence-corrected chi connectivity index (χ0v) is 9.51. The van der Waals surface area contributed by atoms with Gasteiger partial charge in [0.2, 0.25) is 5.89 Å². The number of rotatable bonds is 4. The second-order valence-corrected chi connectivity index (χ2v) is 3.84. The van der Waals surface area contributed by atoms with Crippen molar-refractivity contribution < 1.29 is 9.21 Å². The summed E-state index contributed by atoms with van der Waals surface area (Å²) in [4.78, 5) is 10.9. The zero-order valence-electron chi connectivity index (χ0n) is 9.51. The summed E-state index contributed by atoms with van der Waals surface area (Å²) in [6.45, 7) is 1.59. The quantitative estimate of drug-likeness (QED) is 0.868. The van der Waals surface area contributed by atoms with Gasteiger partial charge in [0.05, 0.1) is 0 Å². The van der Waals surface area contributed by atoms with Gasteiger partial charge in [-0.25, -0.2) is 0 Å². The van der Waals surface area contributed by atoms with E-state index in [2.05, 4.69) is 10.2 Å². The highest BCUT2D eigenvalue weighted by atomic mass is 16.4. The van der Waals surface area contributed by atoms with E-state index in [0.717, 1.165) is 17.5 Å². The predicted octanol–water partition coefficient (Wildman–Crippen LogP) is 1.84. The monoisotopic (exact) mass is 231 g/mol. The molecule has 0 unspecified atom stereocenters. The molecular weight excluding hydrogens is 218 g/mol. The van der Waals surface area contributed by atoms with Gasteiger partial charge in [0.15, 0.2) is 0 Å². The molecule has 0 aliphatic carbocycles. The van der Waals surface area contributed by atoms with Crippen LogP contribution in [0.4, 0.5) is 6.01 Å². The van der Waals surface area contributed by atoms with E-state index in [4.69, 9.17) is 10.2 Å². The first-order chi connectivity index (χ1) is 8.15. The third-order valence-electron chi connectivity index (χ3n) is 2.41. The van der Waals surface area contributed by atoms with Crippen LogP contribution >= 0.6 is 0 Å². The Hall–Kier alpha value is -2.17. The number of hydrogen-bond acceptors (Lipinski definition) is 5. The van der Waals surface area contributed by atoms with Gasteiger partial charge in [-0.05, 0) is 31.0 Å². The number of aryl methyl sites for hydroxylation is 1. The molecule has 0 bridgehead atoms. The van der Waals surface area contributed by atoms with Gasteiger partial charge in [-0.15, -0.1) is 5.10 Å². The van der Waals surface area contributed by atoms with Gasteiger partial charge >= 0.3 is 6.01 Å². The average molecular weight is 231 g/mol. The Labute approximate surface area is 98.7 Å². The third-order valence-corrected chi connectivity index (χ3v) is 2.41. The van der Waals surface area contributed by atoms with Crippen molar-refractivity contribution in [2.24, 2.45) is 0 Å². The fourth-order valence-electron chi connectivity index (χ4n) is 1.49. The molecule has 0 spiro atoms. The normalized spacial score (nSPS) is 10.4. The van der Waals surface area contributed by atoms with Crippen LogP contribution in [0.3, 0.4) is 0 Å². The molecule has 2 rings (SSSR count). The van der Waals surface area contributed by atoms with Crippen LogP contribution in [-0.2, 0) is 11.2 Å². The van der Waals surface area contributed by atoms with Crippen molar-refractivity contribution in [1.82, 2.24) is 10.2 Å². The van der Waals surface area contributed by atoms with Crippen molar-refractivity contribution in [3.8, 4) is 11.5 Å². The molecule has 17 heavy (non-hydrogen) atoms. The van der Waals surface area contributed by atoms with E-state index < -0.39 is 0 Å². The van der Waals surface area contributed by atoms with Crippen LogP contribution in [0.2, 0.25) is 0 Å². The SMILES string of the molecule is CC(=O)CCc1ccc(-c2nnc(N)o2)cc1. The van der Waals surface area contributed by atoms with Crippen LogP contribution in [0.1, 0.15) is 18.9 Å². The summed E-state index contributed by atoms with van der Waals surface area (Å²) >= 11 is 0. The standard InChI is InChI=1S/C12H13N3O2/c1-8(16)2-3-9-4-6-10(7-5-9)11-14-15-12(13)17-11/h4-7H,2-3H2,1H3,(H2,13,15). The summed E-state index contributed by atoms with van der Waals surface area (Å²) < 4.78 is 5.11. The van der Waals surface area contributed by atoms with Crippen LogP contribution in [-0.4, -0.2) is 16.0 Å². The van der Waals surface area contributed by atoms with E-state index >= 15 is 0 Å². The molecule has 0 aliphatic heterocycles. The molecule has 5 heteroatoms. The molecule has 0 aliphatic rings. The highest BCUT2D eigenvalue weighted by molar-refractivity contribution is 5.75. The fraction of sp³-hybridized carbons (Fsp3) is 0.250. The minimum Gasteiger partial charge on any atom is -0.404 e. The minimum absolute atomic E-state index is 0.0562. The fourth-order valence-corrected chi connectivity index (χ4v) is 1.49. The van der Waals surface area contributed by atoms with Gasteiger partial charge < -0.3 is 14.9 Å². The summed E-state index contributed by atoms with van der Waals surface area (Å²) in [5, 5.41) is 7.39. The van der Waals surface area contributed by atoms with Crippen LogP contribution in [0.15, 0.2) is 28.7 Å². The van der Waals surface area contributed by atoms with E-state index in [-0.39, 0.29) is 11.8 Å². The first-order valence-electron chi connectivity index (χ1n) is 5.33. The second kappa shape index (κ2) is 4.78. The van der Waals surface area contributed by atoms with Gasteiger partial charge in [-0.1, -0.05) is 17.2 Å². The number of ketones is 1. The lowest BCUT2D eigenvalue weighted by atomic mass is 10.1. The number of nitrogens with zero attached hydrogens (tertiary/aromatic N) is 2. The maximum absolute atomic E-state index is 10.9. The predicted molar refractivity (Wildman–Crippen MR) is 63.1 cm³/mol. The molecule has 5 nitrogen and oxygen atoms in total. The van der Waals surface area contributed by atoms with Gasteiger partial charge in [0.25, 0.3) is 0 Å². The smallest absolute Gasteiger partial charge is 0.313 e. The summed E-state index contributed by atoms with van der Waals surface area (Å²) in [6.07, 6.45) is 1.31. The van der Waals surface area contributed by atoms with Crippen molar-refractivity contribution in [2.75, 3.05) is 5.73 Å². The van der Waals surface area contributed by atoms with Crippen LogP contribution in [0.5, 0.6) is 0 Å². The molecule has 88 valence electrons. The lowest BCUT2D eigenvalue weighted by Gasteiger charge is -2.00. The number of carbonyl (C=O) groups is 1. The van der Waals surface area contributed by atoms with Crippen molar-refractivity contribution >= 4 is 11.8 Å². The van der Waals surface area contributed by atoms with Crippen LogP contribution in [0, 0.1) is 0 Å². The summed E-state index contributed by atoms with van der Waals surface area (Å²) in [6, 6.07) is 7.70. The Morgan fingerprint density at radius 1 is 1.29 bits per heavy atom. The topological polar surface area (TPSA) is 82.0 Å². The molecule has 1 aromatic carbocycles. The highest BCUT2D eigenvalue weighted by Crippen LogP contribution is 2.19. The first kappa shape index (κ1) is 11.3. The summed E-state index contributed by atoms with van der Waals surface area (Å²) in [7, 11) is 0.